The second-order valence-corrected chi connectivity index (χ2v) is 4.78. The molecule has 1 N–H and O–H groups in total. The number of rotatable bonds is 0. The number of carbonyl (C=O) groups excluding carboxylic acids is 2. The van der Waals surface area contributed by atoms with Crippen LogP contribution in [0.3, 0.4) is 0 Å². The van der Waals surface area contributed by atoms with Gasteiger partial charge >= 0.3 is 32.8 Å². The summed E-state index contributed by atoms with van der Waals surface area (Å²) in [6.07, 6.45) is -6.77. The number of nitrogens with zero attached hydrogens (tertiary/aromatic N) is 2. The van der Waals surface area contributed by atoms with E-state index in [0.717, 1.165) is 28.9 Å². The molecule has 0 spiro atoms. The van der Waals surface area contributed by atoms with Crippen molar-refractivity contribution in [2.24, 2.45) is 0 Å². The molecule has 14 heteroatoms. The number of hydrogen-bond donors (Lipinski definition) is 1. The van der Waals surface area contributed by atoms with E-state index in [0.29, 0.717) is 0 Å². The van der Waals surface area contributed by atoms with E-state index in [1.165, 1.54) is 0 Å². The zero-order valence-electron chi connectivity index (χ0n) is 15.2. The molecule has 0 radical (unpaired) electrons. The molecular weight excluding hydrogens is 533 g/mol. The van der Waals surface area contributed by atoms with Crippen molar-refractivity contribution in [3.05, 3.63) is 48.8 Å². The van der Waals surface area contributed by atoms with Crippen molar-refractivity contribution in [1.82, 2.24) is 9.97 Å². The molecule has 0 atom stereocenters. The summed E-state index contributed by atoms with van der Waals surface area (Å²) < 4.78 is 63.1. The number of aliphatic carboxylic acids is 2. The third kappa shape index (κ3) is 10.7. The summed E-state index contributed by atoms with van der Waals surface area (Å²) in [7, 11) is 1.00. The van der Waals surface area contributed by atoms with Crippen molar-refractivity contribution >= 4 is 33.7 Å². The maximum atomic E-state index is 10.5. The minimum atomic E-state index is -5.19. The minimum absolute atomic E-state index is 0. The minimum Gasteiger partial charge on any atom is -0.542 e. The summed E-state index contributed by atoms with van der Waals surface area (Å²) in [5.41, 5.74) is 2.02. The van der Waals surface area contributed by atoms with E-state index in [-0.39, 0.29) is 20.4 Å². The number of carbonyl (C=O) groups is 2. The first-order valence-corrected chi connectivity index (χ1v) is 7.43. The number of pyridine rings is 2. The predicted molar refractivity (Wildman–Crippen MR) is 87.3 cm³/mol. The fourth-order valence-electron chi connectivity index (χ4n) is 1.70. The van der Waals surface area contributed by atoms with Crippen molar-refractivity contribution in [3.8, 4) is 0 Å². The largest absolute Gasteiger partial charge is 2.00 e. The Morgan fingerprint density at radius 2 is 1.23 bits per heavy atom. The predicted octanol–water partition coefficient (Wildman–Crippen LogP) is 0.986. The number of aliphatic hydroxyl groups is 1. The SMILES string of the molecule is CO.O=C([O-])C(F)(F)F.O=C([O-])C(F)(F)F.[Pd+2].c1cnc2c(c1)ccc1ncccc12. The Labute approximate surface area is 184 Å². The summed E-state index contributed by atoms with van der Waals surface area (Å²) in [5.74, 6) is -6.01. The zero-order valence-corrected chi connectivity index (χ0v) is 16.7. The molecule has 31 heavy (non-hydrogen) atoms. The van der Waals surface area contributed by atoms with Gasteiger partial charge in [-0.05, 0) is 24.3 Å². The van der Waals surface area contributed by atoms with Crippen LogP contribution in [0.15, 0.2) is 48.8 Å². The van der Waals surface area contributed by atoms with Crippen LogP contribution < -0.4 is 10.2 Å². The van der Waals surface area contributed by atoms with Crippen LogP contribution >= 0.6 is 0 Å². The van der Waals surface area contributed by atoms with Crippen LogP contribution in [-0.2, 0) is 30.0 Å². The summed E-state index contributed by atoms with van der Waals surface area (Å²) in [4.78, 5) is 26.2. The standard InChI is InChI=1S/C12H8N2.2C2HF3O2.CH4O.Pd/c1-3-9-5-6-11-10(4-2-7-13-11)12(9)14-8-1;2*3-2(4,5)1(6)7;1-2;/h1-8H;2*(H,6,7);2H,1H3;/q;;;;+2/p-2. The van der Waals surface area contributed by atoms with Gasteiger partial charge in [-0.15, -0.1) is 0 Å². The van der Waals surface area contributed by atoms with Crippen molar-refractivity contribution in [2.45, 2.75) is 12.4 Å². The van der Waals surface area contributed by atoms with Gasteiger partial charge < -0.3 is 24.9 Å². The third-order valence-electron chi connectivity index (χ3n) is 2.82. The molecule has 0 unspecified atom stereocenters. The van der Waals surface area contributed by atoms with Gasteiger partial charge in [-0.1, -0.05) is 12.1 Å². The molecule has 3 rings (SSSR count). The van der Waals surface area contributed by atoms with Gasteiger partial charge in [0.05, 0.1) is 11.0 Å². The van der Waals surface area contributed by atoms with E-state index in [2.05, 4.69) is 28.2 Å². The Morgan fingerprint density at radius 3 is 1.68 bits per heavy atom. The topological polar surface area (TPSA) is 126 Å². The molecule has 0 aliphatic carbocycles. The first-order chi connectivity index (χ1) is 13.8. The van der Waals surface area contributed by atoms with E-state index < -0.39 is 24.3 Å². The molecule has 0 saturated heterocycles. The van der Waals surface area contributed by atoms with Gasteiger partial charge in [-0.2, -0.15) is 26.3 Å². The first-order valence-electron chi connectivity index (χ1n) is 7.43. The molecule has 0 saturated carbocycles. The van der Waals surface area contributed by atoms with Crippen molar-refractivity contribution in [2.75, 3.05) is 7.11 Å². The number of fused-ring (bicyclic) bond motifs is 3. The smallest absolute Gasteiger partial charge is 0.542 e. The average molecular weight is 545 g/mol. The van der Waals surface area contributed by atoms with Crippen LogP contribution in [0.25, 0.3) is 21.8 Å². The number of aromatic nitrogens is 2. The average Bonchev–Trinajstić information content (AvgIpc) is 2.69. The van der Waals surface area contributed by atoms with E-state index in [1.807, 2.05) is 24.4 Å². The Balaban J connectivity index is 0. The van der Waals surface area contributed by atoms with Crippen molar-refractivity contribution < 1.29 is 71.7 Å². The van der Waals surface area contributed by atoms with E-state index in [4.69, 9.17) is 24.9 Å². The number of aliphatic hydroxyl groups excluding tert-OH is 1. The molecule has 2 heterocycles. The van der Waals surface area contributed by atoms with Crippen LogP contribution in [0.2, 0.25) is 0 Å². The molecule has 172 valence electrons. The Hall–Kier alpha value is -2.82. The molecule has 1 aromatic carbocycles. The Bertz CT molecular complexity index is 904. The zero-order chi connectivity index (χ0) is 23.5. The molecule has 0 aliphatic heterocycles. The fraction of sp³-hybridized carbons (Fsp3) is 0.176. The number of hydrogen-bond acceptors (Lipinski definition) is 7. The van der Waals surface area contributed by atoms with Crippen LogP contribution in [0.5, 0.6) is 0 Å². The van der Waals surface area contributed by atoms with Gasteiger partial charge in [-0.25, -0.2) is 0 Å². The van der Waals surface area contributed by atoms with Crippen molar-refractivity contribution in [3.63, 3.8) is 0 Å². The molecule has 0 bridgehead atoms. The van der Waals surface area contributed by atoms with Gasteiger partial charge in [0.15, 0.2) is 0 Å². The molecule has 7 nitrogen and oxygen atoms in total. The first kappa shape index (κ1) is 30.4. The molecule has 3 aromatic rings. The van der Waals surface area contributed by atoms with E-state index >= 15 is 0 Å². The molecule has 0 aliphatic rings. The maximum Gasteiger partial charge on any atom is 2.00 e. The Kier molecular flexibility index (Phi) is 13.2. The Morgan fingerprint density at radius 1 is 0.806 bits per heavy atom. The molecular formula is C17H12F6N2O5Pd. The summed E-state index contributed by atoms with van der Waals surface area (Å²) in [6.45, 7) is 0. The van der Waals surface area contributed by atoms with Crippen LogP contribution in [-0.4, -0.2) is 46.5 Å². The second kappa shape index (κ2) is 13.5. The number of alkyl halides is 6. The molecule has 0 fully saturated rings. The number of halogens is 6. The van der Waals surface area contributed by atoms with Crippen LogP contribution in [0.4, 0.5) is 26.3 Å². The van der Waals surface area contributed by atoms with Crippen LogP contribution in [0.1, 0.15) is 0 Å². The molecule has 0 amide bonds. The van der Waals surface area contributed by atoms with E-state index in [9.17, 15) is 26.3 Å². The van der Waals surface area contributed by atoms with Crippen LogP contribution in [0, 0.1) is 0 Å². The maximum absolute atomic E-state index is 10.5. The third-order valence-corrected chi connectivity index (χ3v) is 2.82. The summed E-state index contributed by atoms with van der Waals surface area (Å²) in [6, 6.07) is 12.1. The fourth-order valence-corrected chi connectivity index (χ4v) is 1.70. The van der Waals surface area contributed by atoms with Gasteiger partial charge in [-0.3, -0.25) is 9.97 Å². The normalized spacial score (nSPS) is 10.2. The number of carboxylic acids is 2. The monoisotopic (exact) mass is 544 g/mol. The van der Waals surface area contributed by atoms with Gasteiger partial charge in [0.1, 0.15) is 11.9 Å². The van der Waals surface area contributed by atoms with Gasteiger partial charge in [0.2, 0.25) is 0 Å². The number of benzene rings is 1. The van der Waals surface area contributed by atoms with Gasteiger partial charge in [0, 0.05) is 30.3 Å². The summed E-state index contributed by atoms with van der Waals surface area (Å²) in [5, 5.41) is 26.8. The number of carboxylic acid groups (broad SMARTS) is 2. The summed E-state index contributed by atoms with van der Waals surface area (Å²) >= 11 is 0. The van der Waals surface area contributed by atoms with Gasteiger partial charge in [0.25, 0.3) is 0 Å². The van der Waals surface area contributed by atoms with Crippen molar-refractivity contribution in [1.29, 1.82) is 0 Å². The molecule has 2 aromatic heterocycles. The quantitative estimate of drug-likeness (QED) is 0.254. The van der Waals surface area contributed by atoms with E-state index in [1.54, 1.807) is 6.20 Å². The second-order valence-electron chi connectivity index (χ2n) is 4.78.